The van der Waals surface area contributed by atoms with Crippen LogP contribution in [0.3, 0.4) is 0 Å². The van der Waals surface area contributed by atoms with Crippen LogP contribution in [-0.4, -0.2) is 15.8 Å². The Kier molecular flexibility index (Phi) is 4.15. The molecule has 0 unspecified atom stereocenters. The van der Waals surface area contributed by atoms with Gasteiger partial charge in [-0.3, -0.25) is 4.79 Å². The van der Waals surface area contributed by atoms with Gasteiger partial charge in [-0.1, -0.05) is 67.6 Å². The lowest BCUT2D eigenvalue weighted by Crippen LogP contribution is -2.03. The van der Waals surface area contributed by atoms with Crippen LogP contribution in [0, 0.1) is 0 Å². The van der Waals surface area contributed by atoms with Gasteiger partial charge in [0.25, 0.3) is 0 Å². The number of carbonyl (C=O) groups excluding carboxylic acids is 1. The first-order valence-electron chi connectivity index (χ1n) is 7.53. The minimum absolute atomic E-state index is 0.0192. The third-order valence-corrected chi connectivity index (χ3v) is 3.55. The van der Waals surface area contributed by atoms with Crippen LogP contribution in [0.15, 0.2) is 60.7 Å². The van der Waals surface area contributed by atoms with E-state index >= 15 is 0 Å². The number of ketones is 1. The molecule has 3 rings (SSSR count). The Morgan fingerprint density at radius 1 is 1.00 bits per heavy atom. The van der Waals surface area contributed by atoms with Crippen molar-refractivity contribution in [3.63, 3.8) is 0 Å². The predicted molar refractivity (Wildman–Crippen MR) is 87.9 cm³/mol. The minimum atomic E-state index is -0.0192. The van der Waals surface area contributed by atoms with Gasteiger partial charge in [0, 0.05) is 17.5 Å². The molecule has 0 radical (unpaired) electrons. The van der Waals surface area contributed by atoms with Gasteiger partial charge in [0.1, 0.15) is 11.5 Å². The van der Waals surface area contributed by atoms with Crippen LogP contribution in [-0.2, 0) is 6.42 Å². The van der Waals surface area contributed by atoms with Gasteiger partial charge in [-0.25, -0.2) is 4.98 Å². The summed E-state index contributed by atoms with van der Waals surface area (Å²) in [7, 11) is 0. The fourth-order valence-corrected chi connectivity index (χ4v) is 2.48. The molecule has 2 aromatic carbocycles. The highest BCUT2D eigenvalue weighted by molar-refractivity contribution is 6.11. The Balaban J connectivity index is 2.08. The van der Waals surface area contributed by atoms with Crippen molar-refractivity contribution in [1.29, 1.82) is 0 Å². The number of rotatable bonds is 5. The highest BCUT2D eigenvalue weighted by Crippen LogP contribution is 2.24. The van der Waals surface area contributed by atoms with Gasteiger partial charge in [0.05, 0.1) is 5.69 Å². The Labute approximate surface area is 130 Å². The van der Waals surface area contributed by atoms with E-state index in [1.54, 1.807) is 0 Å². The lowest BCUT2D eigenvalue weighted by Gasteiger charge is -2.02. The van der Waals surface area contributed by atoms with Gasteiger partial charge < -0.3 is 4.98 Å². The molecule has 0 saturated heterocycles. The zero-order valence-corrected chi connectivity index (χ0v) is 12.5. The molecular formula is C19H18N2O. The average Bonchev–Trinajstić information content (AvgIpc) is 3.00. The van der Waals surface area contributed by atoms with Crippen molar-refractivity contribution in [2.75, 3.05) is 0 Å². The maximum atomic E-state index is 12.8. The van der Waals surface area contributed by atoms with E-state index < -0.39 is 0 Å². The average molecular weight is 290 g/mol. The quantitative estimate of drug-likeness (QED) is 0.714. The molecule has 0 saturated carbocycles. The molecule has 3 aromatic rings. The number of nitrogens with one attached hydrogen (secondary N) is 1. The number of nitrogens with zero attached hydrogens (tertiary/aromatic N) is 1. The number of imidazole rings is 1. The van der Waals surface area contributed by atoms with Crippen LogP contribution in [0.2, 0.25) is 0 Å². The summed E-state index contributed by atoms with van der Waals surface area (Å²) in [5, 5.41) is 0. The van der Waals surface area contributed by atoms with Crippen LogP contribution in [0.5, 0.6) is 0 Å². The first kappa shape index (κ1) is 14.3. The van der Waals surface area contributed by atoms with Gasteiger partial charge in [-0.2, -0.15) is 0 Å². The smallest absolute Gasteiger partial charge is 0.211 e. The van der Waals surface area contributed by atoms with Crippen LogP contribution in [0.1, 0.15) is 35.2 Å². The molecule has 0 aliphatic heterocycles. The number of hydrogen-bond acceptors (Lipinski definition) is 2. The second-order valence-electron chi connectivity index (χ2n) is 5.22. The first-order chi connectivity index (χ1) is 10.8. The van der Waals surface area contributed by atoms with E-state index in [9.17, 15) is 4.79 Å². The number of aromatic nitrogens is 2. The summed E-state index contributed by atoms with van der Waals surface area (Å²) in [6.07, 6.45) is 1.82. The van der Waals surface area contributed by atoms with Crippen molar-refractivity contribution in [3.05, 3.63) is 77.7 Å². The monoisotopic (exact) mass is 290 g/mol. The van der Waals surface area contributed by atoms with Crippen LogP contribution in [0.25, 0.3) is 11.3 Å². The summed E-state index contributed by atoms with van der Waals surface area (Å²) in [5.41, 5.74) is 2.94. The van der Waals surface area contributed by atoms with E-state index in [2.05, 4.69) is 16.9 Å². The number of benzene rings is 2. The van der Waals surface area contributed by atoms with Gasteiger partial charge in [-0.05, 0) is 6.42 Å². The largest absolute Gasteiger partial charge is 0.339 e. The van der Waals surface area contributed by atoms with Crippen molar-refractivity contribution < 1.29 is 4.79 Å². The van der Waals surface area contributed by atoms with Crippen molar-refractivity contribution in [2.24, 2.45) is 0 Å². The second-order valence-corrected chi connectivity index (χ2v) is 5.22. The standard InChI is InChI=1S/C19H18N2O/c1-2-9-16-20-17(14-10-5-3-6-11-14)18(21-16)19(22)15-12-7-4-8-13-15/h3-8,10-13H,2,9H2,1H3,(H,20,21). The zero-order valence-electron chi connectivity index (χ0n) is 12.5. The summed E-state index contributed by atoms with van der Waals surface area (Å²) in [6.45, 7) is 2.10. The number of aromatic amines is 1. The molecule has 3 heteroatoms. The number of hydrogen-bond donors (Lipinski definition) is 1. The summed E-state index contributed by atoms with van der Waals surface area (Å²) < 4.78 is 0. The Bertz CT molecular complexity index is 761. The zero-order chi connectivity index (χ0) is 15.4. The van der Waals surface area contributed by atoms with E-state index in [1.165, 1.54) is 0 Å². The molecular weight excluding hydrogens is 272 g/mol. The Hall–Kier alpha value is -2.68. The van der Waals surface area contributed by atoms with Crippen molar-refractivity contribution in [3.8, 4) is 11.3 Å². The normalized spacial score (nSPS) is 10.6. The molecule has 0 bridgehead atoms. The van der Waals surface area contributed by atoms with Gasteiger partial charge >= 0.3 is 0 Å². The highest BCUT2D eigenvalue weighted by Gasteiger charge is 2.19. The van der Waals surface area contributed by atoms with Gasteiger partial charge in [-0.15, -0.1) is 0 Å². The molecule has 0 fully saturated rings. The van der Waals surface area contributed by atoms with Crippen molar-refractivity contribution in [1.82, 2.24) is 9.97 Å². The molecule has 110 valence electrons. The lowest BCUT2D eigenvalue weighted by atomic mass is 10.0. The van der Waals surface area contributed by atoms with E-state index in [4.69, 9.17) is 0 Å². The summed E-state index contributed by atoms with van der Waals surface area (Å²) in [6, 6.07) is 19.2. The fraction of sp³-hybridized carbons (Fsp3) is 0.158. The minimum Gasteiger partial charge on any atom is -0.339 e. The molecule has 1 heterocycles. The second kappa shape index (κ2) is 6.39. The van der Waals surface area contributed by atoms with Crippen LogP contribution < -0.4 is 0 Å². The lowest BCUT2D eigenvalue weighted by molar-refractivity contribution is 0.103. The third kappa shape index (κ3) is 2.84. The molecule has 3 nitrogen and oxygen atoms in total. The number of carbonyl (C=O) groups is 1. The molecule has 0 aliphatic rings. The highest BCUT2D eigenvalue weighted by atomic mass is 16.1. The predicted octanol–water partition coefficient (Wildman–Crippen LogP) is 4.26. The topological polar surface area (TPSA) is 45.8 Å². The first-order valence-corrected chi connectivity index (χ1v) is 7.53. The Morgan fingerprint density at radius 3 is 2.27 bits per heavy atom. The molecule has 0 atom stereocenters. The van der Waals surface area contributed by atoms with E-state index in [1.807, 2.05) is 60.7 Å². The van der Waals surface area contributed by atoms with Gasteiger partial charge in [0.15, 0.2) is 0 Å². The van der Waals surface area contributed by atoms with Gasteiger partial charge in [0.2, 0.25) is 5.78 Å². The molecule has 22 heavy (non-hydrogen) atoms. The van der Waals surface area contributed by atoms with Crippen LogP contribution in [0.4, 0.5) is 0 Å². The molecule has 0 aliphatic carbocycles. The number of H-pyrrole nitrogens is 1. The maximum Gasteiger partial charge on any atom is 0.211 e. The summed E-state index contributed by atoms with van der Waals surface area (Å²) >= 11 is 0. The molecule has 1 N–H and O–H groups in total. The van der Waals surface area contributed by atoms with E-state index in [0.717, 1.165) is 29.9 Å². The summed E-state index contributed by atoms with van der Waals surface area (Å²) in [4.78, 5) is 20.6. The summed E-state index contributed by atoms with van der Waals surface area (Å²) in [5.74, 6) is 0.843. The maximum absolute atomic E-state index is 12.8. The molecule has 0 spiro atoms. The SMILES string of the molecule is CCCc1nc(-c2ccccc2)c(C(=O)c2ccccc2)[nH]1. The van der Waals surface area contributed by atoms with E-state index in [0.29, 0.717) is 11.3 Å². The fourth-order valence-electron chi connectivity index (χ4n) is 2.48. The molecule has 0 amide bonds. The van der Waals surface area contributed by atoms with E-state index in [-0.39, 0.29) is 5.78 Å². The third-order valence-electron chi connectivity index (χ3n) is 3.55. The molecule has 1 aromatic heterocycles. The van der Waals surface area contributed by atoms with Crippen molar-refractivity contribution >= 4 is 5.78 Å². The Morgan fingerprint density at radius 2 is 1.64 bits per heavy atom. The van der Waals surface area contributed by atoms with Crippen molar-refractivity contribution in [2.45, 2.75) is 19.8 Å². The van der Waals surface area contributed by atoms with Crippen LogP contribution >= 0.6 is 0 Å². The number of aryl methyl sites for hydroxylation is 1.